The highest BCUT2D eigenvalue weighted by molar-refractivity contribution is 7.23. The highest BCUT2D eigenvalue weighted by Gasteiger charge is 2.23. The lowest BCUT2D eigenvalue weighted by Gasteiger charge is -2.12. The maximum atomic E-state index is 5.45. The molecule has 5 nitrogen and oxygen atoms in total. The van der Waals surface area contributed by atoms with E-state index in [9.17, 15) is 0 Å². The van der Waals surface area contributed by atoms with E-state index in [1.165, 1.54) is 4.88 Å². The first-order chi connectivity index (χ1) is 12.2. The highest BCUT2D eigenvalue weighted by Crippen LogP contribution is 2.37. The van der Waals surface area contributed by atoms with Gasteiger partial charge in [-0.2, -0.15) is 0 Å². The molecule has 3 aromatic rings. The molecule has 0 fully saturated rings. The van der Waals surface area contributed by atoms with Gasteiger partial charge in [-0.25, -0.2) is 9.97 Å². The van der Waals surface area contributed by atoms with Crippen molar-refractivity contribution in [2.45, 2.75) is 39.2 Å². The van der Waals surface area contributed by atoms with Gasteiger partial charge in [-0.3, -0.25) is 4.98 Å². The molecule has 0 amide bonds. The summed E-state index contributed by atoms with van der Waals surface area (Å²) in [5.41, 5.74) is 3.00. The van der Waals surface area contributed by atoms with E-state index in [1.54, 1.807) is 28.9 Å². The second-order valence-electron chi connectivity index (χ2n) is 6.11. The molecular weight excluding hydrogens is 352 g/mol. The average molecular weight is 371 g/mol. The van der Waals surface area contributed by atoms with Crippen LogP contribution in [0.4, 0.5) is 0 Å². The Hall–Kier alpha value is -2.12. The highest BCUT2D eigenvalue weighted by atomic mass is 32.1. The molecule has 25 heavy (non-hydrogen) atoms. The quantitative estimate of drug-likeness (QED) is 0.619. The first-order valence-electron chi connectivity index (χ1n) is 8.30. The van der Waals surface area contributed by atoms with E-state index in [0.717, 1.165) is 51.1 Å². The number of hydrogen-bond donors (Lipinski definition) is 0. The van der Waals surface area contributed by atoms with Gasteiger partial charge in [-0.1, -0.05) is 5.16 Å². The van der Waals surface area contributed by atoms with Gasteiger partial charge in [-0.05, 0) is 45.2 Å². The number of rotatable bonds is 4. The van der Waals surface area contributed by atoms with Crippen LogP contribution in [0.5, 0.6) is 0 Å². The molecule has 0 N–H and O–H groups in total. The van der Waals surface area contributed by atoms with Crippen molar-refractivity contribution >= 4 is 28.4 Å². The van der Waals surface area contributed by atoms with E-state index < -0.39 is 0 Å². The van der Waals surface area contributed by atoms with Crippen molar-refractivity contribution < 1.29 is 4.84 Å². The van der Waals surface area contributed by atoms with Gasteiger partial charge in [0.1, 0.15) is 27.5 Å². The predicted octanol–water partition coefficient (Wildman–Crippen LogP) is 4.79. The first-order valence-corrected chi connectivity index (χ1v) is 9.93. The third kappa shape index (κ3) is 3.48. The van der Waals surface area contributed by atoms with E-state index in [2.05, 4.69) is 15.1 Å². The lowest BCUT2D eigenvalue weighted by molar-refractivity contribution is 0.0854. The topological polar surface area (TPSA) is 60.3 Å². The fourth-order valence-electron chi connectivity index (χ4n) is 2.64. The summed E-state index contributed by atoms with van der Waals surface area (Å²) >= 11 is 3.39. The number of nitrogens with zero attached hydrogens (tertiary/aromatic N) is 4. The van der Waals surface area contributed by atoms with Crippen molar-refractivity contribution in [3.63, 3.8) is 0 Å². The summed E-state index contributed by atoms with van der Waals surface area (Å²) in [6.45, 7) is 3.97. The molecule has 0 radical (unpaired) electrons. The van der Waals surface area contributed by atoms with Gasteiger partial charge in [0.25, 0.3) is 0 Å². The van der Waals surface area contributed by atoms with Crippen LogP contribution in [0.2, 0.25) is 0 Å². The number of oxime groups is 1. The zero-order chi connectivity index (χ0) is 17.2. The molecular formula is C18H18N4OS2. The summed E-state index contributed by atoms with van der Waals surface area (Å²) in [7, 11) is 0. The maximum absolute atomic E-state index is 5.45. The van der Waals surface area contributed by atoms with Gasteiger partial charge in [-0.15, -0.1) is 22.7 Å². The van der Waals surface area contributed by atoms with Crippen molar-refractivity contribution in [3.8, 4) is 20.5 Å². The van der Waals surface area contributed by atoms with Gasteiger partial charge in [0.05, 0.1) is 4.88 Å². The van der Waals surface area contributed by atoms with Gasteiger partial charge in [0.15, 0.2) is 0 Å². The molecule has 7 heteroatoms. The molecule has 0 bridgehead atoms. The molecule has 0 unspecified atom stereocenters. The van der Waals surface area contributed by atoms with Crippen molar-refractivity contribution in [1.29, 1.82) is 0 Å². The van der Waals surface area contributed by atoms with Crippen LogP contribution < -0.4 is 0 Å². The number of hydrogen-bond acceptors (Lipinski definition) is 7. The Labute approximate surface area is 154 Å². The number of thiazole rings is 2. The van der Waals surface area contributed by atoms with Crippen LogP contribution in [0, 0.1) is 0 Å². The van der Waals surface area contributed by atoms with Crippen LogP contribution in [0.15, 0.2) is 35.9 Å². The number of fused-ring (bicyclic) bond motifs is 1. The van der Waals surface area contributed by atoms with Crippen LogP contribution in [-0.4, -0.2) is 26.8 Å². The second kappa shape index (κ2) is 7.01. The molecule has 0 aliphatic heterocycles. The van der Waals surface area contributed by atoms with Crippen LogP contribution in [0.1, 0.15) is 37.3 Å². The summed E-state index contributed by atoms with van der Waals surface area (Å²) in [6, 6.07) is 3.95. The Balaban J connectivity index is 1.65. The molecule has 1 aliphatic rings. The fraction of sp³-hybridized carbons (Fsp3) is 0.333. The molecule has 0 aromatic carbocycles. The van der Waals surface area contributed by atoms with Crippen molar-refractivity contribution in [2.24, 2.45) is 5.16 Å². The van der Waals surface area contributed by atoms with Crippen LogP contribution in [0.3, 0.4) is 0 Å². The zero-order valence-corrected chi connectivity index (χ0v) is 15.7. The second-order valence-corrected chi connectivity index (χ2v) is 8.22. The molecule has 0 atom stereocenters. The van der Waals surface area contributed by atoms with Crippen molar-refractivity contribution in [2.75, 3.05) is 0 Å². The summed E-state index contributed by atoms with van der Waals surface area (Å²) < 4.78 is 0. The third-order valence-corrected chi connectivity index (χ3v) is 6.12. The minimum Gasteiger partial charge on any atom is -0.393 e. The first kappa shape index (κ1) is 16.4. The predicted molar refractivity (Wildman–Crippen MR) is 102 cm³/mol. The number of aromatic nitrogens is 3. The van der Waals surface area contributed by atoms with Gasteiger partial charge < -0.3 is 4.84 Å². The van der Waals surface area contributed by atoms with E-state index in [0.29, 0.717) is 0 Å². The zero-order valence-electron chi connectivity index (χ0n) is 14.1. The van der Waals surface area contributed by atoms with E-state index in [-0.39, 0.29) is 6.10 Å². The smallest absolute Gasteiger partial charge is 0.136 e. The van der Waals surface area contributed by atoms with Crippen LogP contribution >= 0.6 is 22.7 Å². The molecule has 1 aliphatic carbocycles. The molecule has 0 spiro atoms. The SMILES string of the molecule is CC(C)ON=C1CCCc2sc(-c3cnc(-c4cccnc4)s3)nc21. The molecule has 3 aromatic heterocycles. The Kier molecular flexibility index (Phi) is 4.59. The minimum atomic E-state index is 0.0829. The van der Waals surface area contributed by atoms with Gasteiger partial charge in [0, 0.05) is 29.0 Å². The largest absolute Gasteiger partial charge is 0.393 e. The summed E-state index contributed by atoms with van der Waals surface area (Å²) in [6.07, 6.45) is 8.67. The number of pyridine rings is 1. The minimum absolute atomic E-state index is 0.0829. The van der Waals surface area contributed by atoms with Gasteiger partial charge >= 0.3 is 0 Å². The van der Waals surface area contributed by atoms with Crippen LogP contribution in [0.25, 0.3) is 20.5 Å². The third-order valence-electron chi connectivity index (χ3n) is 3.79. The monoisotopic (exact) mass is 370 g/mol. The summed E-state index contributed by atoms with van der Waals surface area (Å²) in [5.74, 6) is 0. The molecule has 0 saturated heterocycles. The van der Waals surface area contributed by atoms with E-state index >= 15 is 0 Å². The molecule has 3 heterocycles. The summed E-state index contributed by atoms with van der Waals surface area (Å²) in [4.78, 5) is 21.4. The van der Waals surface area contributed by atoms with Crippen molar-refractivity contribution in [3.05, 3.63) is 41.3 Å². The standard InChI is InChI=1S/C18H18N4OS2/c1-11(2)23-22-13-6-3-7-14-16(13)21-18(24-14)15-10-20-17(25-15)12-5-4-8-19-9-12/h4-5,8-11H,3,6-7H2,1-2H3. The van der Waals surface area contributed by atoms with Crippen molar-refractivity contribution in [1.82, 2.24) is 15.0 Å². The Bertz CT molecular complexity index is 899. The van der Waals surface area contributed by atoms with Crippen LogP contribution in [-0.2, 0) is 11.3 Å². The Morgan fingerprint density at radius 1 is 1.16 bits per heavy atom. The Morgan fingerprint density at radius 3 is 2.88 bits per heavy atom. The molecule has 4 rings (SSSR count). The molecule has 128 valence electrons. The maximum Gasteiger partial charge on any atom is 0.136 e. The number of aryl methyl sites for hydroxylation is 1. The van der Waals surface area contributed by atoms with Gasteiger partial charge in [0.2, 0.25) is 0 Å². The lowest BCUT2D eigenvalue weighted by atomic mass is 10.0. The Morgan fingerprint density at radius 2 is 2.08 bits per heavy atom. The lowest BCUT2D eigenvalue weighted by Crippen LogP contribution is -2.12. The normalized spacial score (nSPS) is 15.6. The average Bonchev–Trinajstić information content (AvgIpc) is 3.27. The van der Waals surface area contributed by atoms with E-state index in [4.69, 9.17) is 9.82 Å². The summed E-state index contributed by atoms with van der Waals surface area (Å²) in [5, 5.41) is 6.30. The molecule has 0 saturated carbocycles. The van der Waals surface area contributed by atoms with E-state index in [1.807, 2.05) is 38.4 Å². The fourth-order valence-corrected chi connectivity index (χ4v) is 4.71.